The number of benzene rings is 1. The van der Waals surface area contributed by atoms with Crippen molar-refractivity contribution < 1.29 is 5.11 Å². The second kappa shape index (κ2) is 4.83. The molecule has 1 nitrogen and oxygen atoms in total. The van der Waals surface area contributed by atoms with Gasteiger partial charge in [0, 0.05) is 0 Å². The predicted octanol–water partition coefficient (Wildman–Crippen LogP) is 2.86. The van der Waals surface area contributed by atoms with Crippen LogP contribution in [0.1, 0.15) is 25.8 Å². The van der Waals surface area contributed by atoms with Gasteiger partial charge in [0.15, 0.2) is 0 Å². The molecule has 0 spiro atoms. The zero-order chi connectivity index (χ0) is 9.68. The Morgan fingerprint density at radius 1 is 1.38 bits per heavy atom. The van der Waals surface area contributed by atoms with Crippen molar-refractivity contribution in [2.45, 2.75) is 26.4 Å². The van der Waals surface area contributed by atoms with Crippen molar-refractivity contribution in [2.75, 3.05) is 0 Å². The molecule has 13 heavy (non-hydrogen) atoms. The van der Waals surface area contributed by atoms with E-state index in [0.29, 0.717) is 0 Å². The summed E-state index contributed by atoms with van der Waals surface area (Å²) in [4.78, 5) is 0. The van der Waals surface area contributed by atoms with Crippen LogP contribution in [0.3, 0.4) is 0 Å². The minimum Gasteiger partial charge on any atom is -0.393 e. The first-order valence-electron chi connectivity index (χ1n) is 4.59. The van der Waals surface area contributed by atoms with Gasteiger partial charge in [0.05, 0.1) is 6.10 Å². The van der Waals surface area contributed by atoms with Crippen LogP contribution in [0.15, 0.2) is 35.9 Å². The third-order valence-electron chi connectivity index (χ3n) is 1.83. The highest BCUT2D eigenvalue weighted by atomic mass is 16.3. The second-order valence-electron chi connectivity index (χ2n) is 3.45. The van der Waals surface area contributed by atoms with Crippen LogP contribution in [-0.2, 0) is 0 Å². The Kier molecular flexibility index (Phi) is 3.71. The van der Waals surface area contributed by atoms with Gasteiger partial charge in [-0.25, -0.2) is 0 Å². The summed E-state index contributed by atoms with van der Waals surface area (Å²) < 4.78 is 0. The monoisotopic (exact) mass is 176 g/mol. The number of rotatable bonds is 3. The highest BCUT2D eigenvalue weighted by Gasteiger charge is 1.96. The van der Waals surface area contributed by atoms with Gasteiger partial charge in [-0.2, -0.15) is 0 Å². The summed E-state index contributed by atoms with van der Waals surface area (Å²) in [6.07, 6.45) is 2.60. The smallest absolute Gasteiger partial charge is 0.0549 e. The van der Waals surface area contributed by atoms with E-state index in [4.69, 9.17) is 5.11 Å². The highest BCUT2D eigenvalue weighted by Crippen LogP contribution is 2.10. The molecular weight excluding hydrogens is 160 g/mol. The maximum atomic E-state index is 9.16. The molecule has 0 heterocycles. The molecule has 1 atom stereocenters. The first-order valence-corrected chi connectivity index (χ1v) is 4.59. The van der Waals surface area contributed by atoms with Gasteiger partial charge in [-0.1, -0.05) is 42.0 Å². The fourth-order valence-corrected chi connectivity index (χ4v) is 1.36. The minimum atomic E-state index is -0.250. The van der Waals surface area contributed by atoms with Gasteiger partial charge in [-0.3, -0.25) is 0 Å². The zero-order valence-corrected chi connectivity index (χ0v) is 8.20. The first-order chi connectivity index (χ1) is 6.18. The van der Waals surface area contributed by atoms with E-state index in [9.17, 15) is 0 Å². The Morgan fingerprint density at radius 3 is 2.54 bits per heavy atom. The summed E-state index contributed by atoms with van der Waals surface area (Å²) in [6, 6.07) is 10.2. The molecule has 0 saturated heterocycles. The molecule has 0 fully saturated rings. The fourth-order valence-electron chi connectivity index (χ4n) is 1.36. The third kappa shape index (κ3) is 3.90. The first kappa shape index (κ1) is 10.0. The zero-order valence-electron chi connectivity index (χ0n) is 8.20. The maximum Gasteiger partial charge on any atom is 0.0549 e. The molecule has 0 saturated carbocycles. The van der Waals surface area contributed by atoms with Crippen molar-refractivity contribution in [1.29, 1.82) is 0 Å². The predicted molar refractivity (Wildman–Crippen MR) is 56.4 cm³/mol. The average molecular weight is 176 g/mol. The van der Waals surface area contributed by atoms with Crippen molar-refractivity contribution in [3.05, 3.63) is 41.5 Å². The highest BCUT2D eigenvalue weighted by molar-refractivity contribution is 5.51. The summed E-state index contributed by atoms with van der Waals surface area (Å²) in [5, 5.41) is 9.16. The van der Waals surface area contributed by atoms with Crippen LogP contribution in [0.4, 0.5) is 0 Å². The van der Waals surface area contributed by atoms with Crippen molar-refractivity contribution in [3.8, 4) is 0 Å². The van der Waals surface area contributed by atoms with Gasteiger partial charge < -0.3 is 5.11 Å². The van der Waals surface area contributed by atoms with Crippen molar-refractivity contribution in [2.24, 2.45) is 0 Å². The summed E-state index contributed by atoms with van der Waals surface area (Å²) in [7, 11) is 0. The van der Waals surface area contributed by atoms with Gasteiger partial charge in [0.1, 0.15) is 0 Å². The third-order valence-corrected chi connectivity index (χ3v) is 1.83. The van der Waals surface area contributed by atoms with Crippen molar-refractivity contribution >= 4 is 6.08 Å². The minimum absolute atomic E-state index is 0.250. The van der Waals surface area contributed by atoms with E-state index in [1.165, 1.54) is 11.1 Å². The molecule has 70 valence electrons. The van der Waals surface area contributed by atoms with E-state index in [0.717, 1.165) is 6.42 Å². The van der Waals surface area contributed by atoms with E-state index in [1.54, 1.807) is 0 Å². The lowest BCUT2D eigenvalue weighted by Crippen LogP contribution is -1.99. The lowest BCUT2D eigenvalue weighted by atomic mass is 10.1. The largest absolute Gasteiger partial charge is 0.393 e. The molecule has 1 heteroatoms. The van der Waals surface area contributed by atoms with Crippen molar-refractivity contribution in [3.63, 3.8) is 0 Å². The topological polar surface area (TPSA) is 20.2 Å². The van der Waals surface area contributed by atoms with Gasteiger partial charge in [0.25, 0.3) is 0 Å². The molecular formula is C12H16O. The van der Waals surface area contributed by atoms with Crippen LogP contribution >= 0.6 is 0 Å². The maximum absolute atomic E-state index is 9.16. The molecule has 0 unspecified atom stereocenters. The summed E-state index contributed by atoms with van der Waals surface area (Å²) in [5.74, 6) is 0. The lowest BCUT2D eigenvalue weighted by molar-refractivity contribution is 0.195. The Hall–Kier alpha value is -1.08. The average Bonchev–Trinajstić information content (AvgIpc) is 2.04. The molecule has 1 N–H and O–H groups in total. The molecule has 0 bridgehead atoms. The molecule has 0 aliphatic carbocycles. The number of hydrogen-bond acceptors (Lipinski definition) is 1. The summed E-state index contributed by atoms with van der Waals surface area (Å²) >= 11 is 0. The van der Waals surface area contributed by atoms with Gasteiger partial charge in [0.2, 0.25) is 0 Å². The Labute approximate surface area is 79.7 Å². The molecule has 0 amide bonds. The van der Waals surface area contributed by atoms with Gasteiger partial charge >= 0.3 is 0 Å². The Balaban J connectivity index is 2.66. The van der Waals surface area contributed by atoms with E-state index < -0.39 is 0 Å². The number of aliphatic hydroxyl groups is 1. The Morgan fingerprint density at radius 2 is 2.00 bits per heavy atom. The molecule has 1 rings (SSSR count). The molecule has 0 aliphatic heterocycles. The van der Waals surface area contributed by atoms with Crippen molar-refractivity contribution in [1.82, 2.24) is 0 Å². The van der Waals surface area contributed by atoms with E-state index in [2.05, 4.69) is 18.2 Å². The summed E-state index contributed by atoms with van der Waals surface area (Å²) in [6.45, 7) is 3.85. The van der Waals surface area contributed by atoms with Gasteiger partial charge in [-0.15, -0.1) is 0 Å². The van der Waals surface area contributed by atoms with Crippen LogP contribution in [0.2, 0.25) is 0 Å². The second-order valence-corrected chi connectivity index (χ2v) is 3.45. The lowest BCUT2D eigenvalue weighted by Gasteiger charge is -2.03. The summed E-state index contributed by atoms with van der Waals surface area (Å²) in [5.41, 5.74) is 2.40. The van der Waals surface area contributed by atoms with E-state index in [-0.39, 0.29) is 6.10 Å². The van der Waals surface area contributed by atoms with E-state index in [1.807, 2.05) is 32.0 Å². The molecule has 0 radical (unpaired) electrons. The Bertz CT molecular complexity index is 272. The molecule has 0 aliphatic rings. The van der Waals surface area contributed by atoms with E-state index >= 15 is 0 Å². The van der Waals surface area contributed by atoms with Gasteiger partial charge in [-0.05, 0) is 25.8 Å². The SMILES string of the molecule is C/C(=C\c1ccccc1)C[C@H](C)O. The fraction of sp³-hybridized carbons (Fsp3) is 0.333. The van der Waals surface area contributed by atoms with Crippen LogP contribution in [-0.4, -0.2) is 11.2 Å². The number of aliphatic hydroxyl groups excluding tert-OH is 1. The van der Waals surface area contributed by atoms with Crippen LogP contribution < -0.4 is 0 Å². The standard InChI is InChI=1S/C12H16O/c1-10(8-11(2)13)9-12-6-4-3-5-7-12/h3-7,9,11,13H,8H2,1-2H3/b10-9+/t11-/m0/s1. The van der Waals surface area contributed by atoms with Crippen LogP contribution in [0.25, 0.3) is 6.08 Å². The quantitative estimate of drug-likeness (QED) is 0.750. The molecule has 0 aromatic heterocycles. The normalized spacial score (nSPS) is 14.2. The molecule has 1 aromatic rings. The van der Waals surface area contributed by atoms with Crippen LogP contribution in [0.5, 0.6) is 0 Å². The number of hydrogen-bond donors (Lipinski definition) is 1. The molecule has 1 aromatic carbocycles. The van der Waals surface area contributed by atoms with Crippen LogP contribution in [0, 0.1) is 0 Å².